The predicted molar refractivity (Wildman–Crippen MR) is 112 cm³/mol. The summed E-state index contributed by atoms with van der Waals surface area (Å²) in [5, 5.41) is 8.20. The van der Waals surface area contributed by atoms with Crippen molar-refractivity contribution >= 4 is 72.3 Å². The molecule has 0 unspecified atom stereocenters. The first-order valence-electron chi connectivity index (χ1n) is 7.87. The normalized spacial score (nSPS) is 10.9. The van der Waals surface area contributed by atoms with Crippen molar-refractivity contribution in [2.45, 2.75) is 0 Å². The maximum Gasteiger partial charge on any atom is 0.258 e. The van der Waals surface area contributed by atoms with Crippen molar-refractivity contribution in [1.82, 2.24) is 10.3 Å². The Hall–Kier alpha value is -2.61. The number of thiazole rings is 1. The Bertz CT molecular complexity index is 1210. The summed E-state index contributed by atoms with van der Waals surface area (Å²) in [6.07, 6.45) is 0. The third-order valence-corrected chi connectivity index (χ3v) is 5.38. The number of benzene rings is 3. The maximum absolute atomic E-state index is 13.3. The van der Waals surface area contributed by atoms with Crippen molar-refractivity contribution in [3.05, 3.63) is 71.0 Å². The molecule has 0 saturated carbocycles. The van der Waals surface area contributed by atoms with E-state index in [1.807, 2.05) is 12.1 Å². The first-order chi connectivity index (χ1) is 13.0. The molecular weight excluding hydrogens is 405 g/mol. The first-order valence-corrected chi connectivity index (χ1v) is 9.47. The number of nitrogens with zero attached hydrogens (tertiary/aromatic N) is 1. The van der Waals surface area contributed by atoms with Crippen LogP contribution in [0.15, 0.2) is 54.6 Å². The SMILES string of the molecule is O=C(NC(=S)Nc1nc2ccc(F)cc2s1)c1cccc2c(Cl)cccc12. The van der Waals surface area contributed by atoms with Crippen LogP contribution >= 0.6 is 35.2 Å². The highest BCUT2D eigenvalue weighted by Gasteiger charge is 2.13. The van der Waals surface area contributed by atoms with E-state index in [9.17, 15) is 9.18 Å². The van der Waals surface area contributed by atoms with E-state index in [2.05, 4.69) is 15.6 Å². The highest BCUT2D eigenvalue weighted by Crippen LogP contribution is 2.27. The van der Waals surface area contributed by atoms with Gasteiger partial charge in [-0.25, -0.2) is 9.37 Å². The van der Waals surface area contributed by atoms with Crippen molar-refractivity contribution in [3.63, 3.8) is 0 Å². The molecule has 0 aliphatic rings. The van der Waals surface area contributed by atoms with E-state index < -0.39 is 0 Å². The van der Waals surface area contributed by atoms with Crippen molar-refractivity contribution < 1.29 is 9.18 Å². The van der Waals surface area contributed by atoms with Crippen LogP contribution < -0.4 is 10.6 Å². The lowest BCUT2D eigenvalue weighted by Gasteiger charge is -2.10. The Kier molecular flexibility index (Phi) is 4.73. The number of hydrogen-bond acceptors (Lipinski definition) is 4. The first kappa shape index (κ1) is 17.8. The van der Waals surface area contributed by atoms with Crippen LogP contribution in [0.1, 0.15) is 10.4 Å². The zero-order valence-corrected chi connectivity index (χ0v) is 16.0. The Morgan fingerprint density at radius 2 is 1.89 bits per heavy atom. The number of amides is 1. The van der Waals surface area contributed by atoms with Crippen LogP contribution in [0.2, 0.25) is 5.02 Å². The lowest BCUT2D eigenvalue weighted by molar-refractivity contribution is 0.0979. The van der Waals surface area contributed by atoms with E-state index in [0.717, 1.165) is 10.8 Å². The molecular formula is C19H11ClFN3OS2. The number of halogens is 2. The van der Waals surface area contributed by atoms with Crippen molar-refractivity contribution in [1.29, 1.82) is 0 Å². The largest absolute Gasteiger partial charge is 0.308 e. The van der Waals surface area contributed by atoms with Gasteiger partial charge in [0.05, 0.1) is 10.2 Å². The smallest absolute Gasteiger partial charge is 0.258 e. The molecule has 27 heavy (non-hydrogen) atoms. The summed E-state index contributed by atoms with van der Waals surface area (Å²) in [7, 11) is 0. The molecule has 4 nitrogen and oxygen atoms in total. The topological polar surface area (TPSA) is 54.0 Å². The second-order valence-corrected chi connectivity index (χ2v) is 7.53. The Morgan fingerprint density at radius 1 is 1.11 bits per heavy atom. The summed E-state index contributed by atoms with van der Waals surface area (Å²) in [6, 6.07) is 15.1. The molecule has 8 heteroatoms. The molecule has 1 aromatic heterocycles. The van der Waals surface area contributed by atoms with Crippen LogP contribution in [0.5, 0.6) is 0 Å². The van der Waals surface area contributed by atoms with Gasteiger partial charge in [0.25, 0.3) is 5.91 Å². The van der Waals surface area contributed by atoms with Crippen molar-refractivity contribution in [2.75, 3.05) is 5.32 Å². The highest BCUT2D eigenvalue weighted by molar-refractivity contribution is 7.80. The zero-order chi connectivity index (χ0) is 19.0. The van der Waals surface area contributed by atoms with Crippen LogP contribution in [0, 0.1) is 5.82 Å². The van der Waals surface area contributed by atoms with E-state index in [1.54, 1.807) is 30.3 Å². The molecule has 0 bridgehead atoms. The monoisotopic (exact) mass is 415 g/mol. The minimum atomic E-state index is -0.354. The number of rotatable bonds is 2. The van der Waals surface area contributed by atoms with Gasteiger partial charge < -0.3 is 5.32 Å². The van der Waals surface area contributed by atoms with E-state index in [-0.39, 0.29) is 16.8 Å². The fourth-order valence-electron chi connectivity index (χ4n) is 2.72. The van der Waals surface area contributed by atoms with Gasteiger partial charge in [0.1, 0.15) is 5.82 Å². The van der Waals surface area contributed by atoms with E-state index in [0.29, 0.717) is 25.9 Å². The van der Waals surface area contributed by atoms with Gasteiger partial charge in [0, 0.05) is 16.0 Å². The number of anilines is 1. The number of carbonyl (C=O) groups excluding carboxylic acids is 1. The Labute approximate surface area is 168 Å². The van der Waals surface area contributed by atoms with Crippen LogP contribution in [0.25, 0.3) is 21.0 Å². The van der Waals surface area contributed by atoms with Crippen molar-refractivity contribution in [3.8, 4) is 0 Å². The van der Waals surface area contributed by atoms with E-state index >= 15 is 0 Å². The molecule has 0 spiro atoms. The van der Waals surface area contributed by atoms with Gasteiger partial charge in [-0.15, -0.1) is 0 Å². The van der Waals surface area contributed by atoms with E-state index in [4.69, 9.17) is 23.8 Å². The standard InChI is InChI=1S/C19H11ClFN3OS2/c20-14-6-2-3-11-12(14)4-1-5-13(11)17(25)23-18(26)24-19-22-15-8-7-10(21)9-16(15)27-19/h1-9H,(H2,22,23,24,25,26). The fourth-order valence-corrected chi connectivity index (χ4v) is 4.11. The average molecular weight is 416 g/mol. The van der Waals surface area contributed by atoms with Gasteiger partial charge in [-0.1, -0.05) is 47.2 Å². The minimum Gasteiger partial charge on any atom is -0.308 e. The molecule has 0 fully saturated rings. The van der Waals surface area contributed by atoms with Gasteiger partial charge in [0.2, 0.25) is 0 Å². The second kappa shape index (κ2) is 7.19. The summed E-state index contributed by atoms with van der Waals surface area (Å²) < 4.78 is 14.0. The van der Waals surface area contributed by atoms with Gasteiger partial charge >= 0.3 is 0 Å². The highest BCUT2D eigenvalue weighted by atomic mass is 35.5. The molecule has 0 aliphatic heterocycles. The number of nitrogens with one attached hydrogen (secondary N) is 2. The molecule has 4 aromatic rings. The number of fused-ring (bicyclic) bond motifs is 2. The molecule has 2 N–H and O–H groups in total. The third-order valence-electron chi connectivity index (χ3n) is 3.91. The molecule has 1 amide bonds. The molecule has 0 saturated heterocycles. The molecule has 134 valence electrons. The Morgan fingerprint density at radius 3 is 2.74 bits per heavy atom. The van der Waals surface area contributed by atoms with Crippen LogP contribution in [-0.2, 0) is 0 Å². The second-order valence-electron chi connectivity index (χ2n) is 5.68. The molecule has 4 rings (SSSR count). The Balaban J connectivity index is 1.54. The van der Waals surface area contributed by atoms with Crippen molar-refractivity contribution in [2.24, 2.45) is 0 Å². The molecule has 3 aromatic carbocycles. The molecule has 0 radical (unpaired) electrons. The maximum atomic E-state index is 13.3. The summed E-state index contributed by atoms with van der Waals surface area (Å²) in [5.74, 6) is -0.685. The molecule has 1 heterocycles. The fraction of sp³-hybridized carbons (Fsp3) is 0. The quantitative estimate of drug-likeness (QED) is 0.432. The van der Waals surface area contributed by atoms with Crippen LogP contribution in [0.4, 0.5) is 9.52 Å². The number of aromatic nitrogens is 1. The summed E-state index contributed by atoms with van der Waals surface area (Å²) in [4.78, 5) is 17.0. The minimum absolute atomic E-state index is 0.110. The number of hydrogen-bond donors (Lipinski definition) is 2. The zero-order valence-electron chi connectivity index (χ0n) is 13.6. The van der Waals surface area contributed by atoms with Crippen LogP contribution in [-0.4, -0.2) is 16.0 Å². The van der Waals surface area contributed by atoms with Gasteiger partial charge in [-0.05, 0) is 47.9 Å². The number of thiocarbonyl (C=S) groups is 1. The van der Waals surface area contributed by atoms with Gasteiger partial charge in [-0.3, -0.25) is 10.1 Å². The summed E-state index contributed by atoms with van der Waals surface area (Å²) in [6.45, 7) is 0. The average Bonchev–Trinajstić information content (AvgIpc) is 3.02. The van der Waals surface area contributed by atoms with Gasteiger partial charge in [-0.2, -0.15) is 0 Å². The third kappa shape index (κ3) is 3.62. The molecule has 0 aliphatic carbocycles. The van der Waals surface area contributed by atoms with Crippen LogP contribution in [0.3, 0.4) is 0 Å². The predicted octanol–water partition coefficient (Wildman–Crippen LogP) is 5.37. The lowest BCUT2D eigenvalue weighted by atomic mass is 10.0. The summed E-state index contributed by atoms with van der Waals surface area (Å²) in [5.41, 5.74) is 1.12. The lowest BCUT2D eigenvalue weighted by Crippen LogP contribution is -2.34. The molecule has 0 atom stereocenters. The van der Waals surface area contributed by atoms with E-state index in [1.165, 1.54) is 23.5 Å². The van der Waals surface area contributed by atoms with Gasteiger partial charge in [0.15, 0.2) is 10.2 Å². The summed E-state index contributed by atoms with van der Waals surface area (Å²) >= 11 is 12.7. The number of carbonyl (C=O) groups is 1.